The highest BCUT2D eigenvalue weighted by Gasteiger charge is 2.15. The Labute approximate surface area is 149 Å². The average molecular weight is 352 g/mol. The first-order chi connectivity index (χ1) is 12.2. The van der Waals surface area contributed by atoms with Crippen molar-refractivity contribution in [3.05, 3.63) is 59.0 Å². The molecule has 0 spiro atoms. The van der Waals surface area contributed by atoms with Crippen LogP contribution in [0.1, 0.15) is 22.8 Å². The zero-order valence-corrected chi connectivity index (χ0v) is 14.4. The molecule has 2 heterocycles. The van der Waals surface area contributed by atoms with Gasteiger partial charge in [-0.2, -0.15) is 0 Å². The van der Waals surface area contributed by atoms with Crippen molar-refractivity contribution in [3.8, 4) is 22.8 Å². The third-order valence-electron chi connectivity index (χ3n) is 4.02. The fraction of sp³-hybridized carbons (Fsp3) is 0.158. The minimum Gasteiger partial charge on any atom is -0.454 e. The number of amides is 1. The summed E-state index contributed by atoms with van der Waals surface area (Å²) in [7, 11) is 0. The Hall–Kier alpha value is -2.86. The number of rotatable bonds is 4. The lowest BCUT2D eigenvalue weighted by atomic mass is 10.1. The van der Waals surface area contributed by atoms with Crippen LogP contribution < -0.4 is 14.8 Å². The van der Waals surface area contributed by atoms with Crippen LogP contribution >= 0.6 is 11.3 Å². The SMILES string of the molecule is CCc1ccc(C(=O)Nc2nc(-c3ccc4c(c3)OCO4)cs2)cc1. The van der Waals surface area contributed by atoms with E-state index in [0.29, 0.717) is 16.4 Å². The minimum atomic E-state index is -0.158. The van der Waals surface area contributed by atoms with Crippen LogP contribution in [0.25, 0.3) is 11.3 Å². The summed E-state index contributed by atoms with van der Waals surface area (Å²) in [6.07, 6.45) is 0.952. The van der Waals surface area contributed by atoms with Gasteiger partial charge in [-0.1, -0.05) is 19.1 Å². The zero-order chi connectivity index (χ0) is 17.2. The van der Waals surface area contributed by atoms with E-state index in [0.717, 1.165) is 23.4 Å². The Bertz CT molecular complexity index is 919. The number of aryl methyl sites for hydroxylation is 1. The van der Waals surface area contributed by atoms with Crippen molar-refractivity contribution in [2.24, 2.45) is 0 Å². The molecule has 0 unspecified atom stereocenters. The fourth-order valence-electron chi connectivity index (χ4n) is 2.58. The van der Waals surface area contributed by atoms with Crippen molar-refractivity contribution in [1.82, 2.24) is 4.98 Å². The molecule has 126 valence electrons. The highest BCUT2D eigenvalue weighted by atomic mass is 32.1. The third kappa shape index (κ3) is 3.21. The van der Waals surface area contributed by atoms with Crippen LogP contribution in [0.4, 0.5) is 5.13 Å². The number of nitrogens with zero attached hydrogens (tertiary/aromatic N) is 1. The summed E-state index contributed by atoms with van der Waals surface area (Å²) in [6, 6.07) is 13.3. The highest BCUT2D eigenvalue weighted by Crippen LogP contribution is 2.36. The fourth-order valence-corrected chi connectivity index (χ4v) is 3.30. The maximum atomic E-state index is 12.3. The maximum absolute atomic E-state index is 12.3. The van der Waals surface area contributed by atoms with Crippen molar-refractivity contribution in [3.63, 3.8) is 0 Å². The molecule has 0 saturated heterocycles. The van der Waals surface area contributed by atoms with Crippen LogP contribution in [-0.2, 0) is 6.42 Å². The predicted octanol–water partition coefficient (Wildman–Crippen LogP) is 4.35. The molecule has 1 aliphatic rings. The molecular weight excluding hydrogens is 336 g/mol. The standard InChI is InChI=1S/C19H16N2O3S/c1-2-12-3-5-13(6-4-12)18(22)21-19-20-15(10-25-19)14-7-8-16-17(9-14)24-11-23-16/h3-10H,2,11H2,1H3,(H,20,21,22). The monoisotopic (exact) mass is 352 g/mol. The maximum Gasteiger partial charge on any atom is 0.257 e. The summed E-state index contributed by atoms with van der Waals surface area (Å²) in [4.78, 5) is 16.8. The van der Waals surface area contributed by atoms with Gasteiger partial charge in [0.1, 0.15) is 0 Å². The molecule has 0 fully saturated rings. The summed E-state index contributed by atoms with van der Waals surface area (Å²) < 4.78 is 10.7. The molecule has 2 aromatic carbocycles. The molecule has 1 aliphatic heterocycles. The second kappa shape index (κ2) is 6.57. The molecule has 0 radical (unpaired) electrons. The van der Waals surface area contributed by atoms with Gasteiger partial charge in [0, 0.05) is 16.5 Å². The van der Waals surface area contributed by atoms with Gasteiger partial charge in [0.25, 0.3) is 5.91 Å². The van der Waals surface area contributed by atoms with Gasteiger partial charge in [0.15, 0.2) is 16.6 Å². The number of ether oxygens (including phenoxy) is 2. The van der Waals surface area contributed by atoms with E-state index in [4.69, 9.17) is 9.47 Å². The van der Waals surface area contributed by atoms with Crippen molar-refractivity contribution in [1.29, 1.82) is 0 Å². The number of nitrogens with one attached hydrogen (secondary N) is 1. The first-order valence-electron chi connectivity index (χ1n) is 7.99. The Morgan fingerprint density at radius 2 is 1.96 bits per heavy atom. The van der Waals surface area contributed by atoms with E-state index in [1.165, 1.54) is 16.9 Å². The number of carbonyl (C=O) groups excluding carboxylic acids is 1. The molecular formula is C19H16N2O3S. The zero-order valence-electron chi connectivity index (χ0n) is 13.6. The summed E-state index contributed by atoms with van der Waals surface area (Å²) in [5.41, 5.74) is 3.54. The molecule has 0 saturated carbocycles. The van der Waals surface area contributed by atoms with E-state index in [1.54, 1.807) is 0 Å². The number of aromatic nitrogens is 1. The number of hydrogen-bond donors (Lipinski definition) is 1. The normalized spacial score (nSPS) is 12.2. The van der Waals surface area contributed by atoms with E-state index < -0.39 is 0 Å². The number of thiazole rings is 1. The van der Waals surface area contributed by atoms with E-state index >= 15 is 0 Å². The first-order valence-corrected chi connectivity index (χ1v) is 8.87. The second-order valence-electron chi connectivity index (χ2n) is 5.61. The van der Waals surface area contributed by atoms with E-state index in [1.807, 2.05) is 47.8 Å². The van der Waals surface area contributed by atoms with Crippen LogP contribution in [0.3, 0.4) is 0 Å². The van der Waals surface area contributed by atoms with Crippen LogP contribution in [-0.4, -0.2) is 17.7 Å². The van der Waals surface area contributed by atoms with E-state index in [2.05, 4.69) is 17.2 Å². The lowest BCUT2D eigenvalue weighted by Crippen LogP contribution is -2.11. The largest absolute Gasteiger partial charge is 0.454 e. The molecule has 1 aromatic heterocycles. The van der Waals surface area contributed by atoms with E-state index in [9.17, 15) is 4.79 Å². The van der Waals surface area contributed by atoms with Crippen molar-refractivity contribution in [2.75, 3.05) is 12.1 Å². The summed E-state index contributed by atoms with van der Waals surface area (Å²) >= 11 is 1.39. The summed E-state index contributed by atoms with van der Waals surface area (Å²) in [6.45, 7) is 2.33. The second-order valence-corrected chi connectivity index (χ2v) is 6.47. The molecule has 4 rings (SSSR count). The molecule has 0 bridgehead atoms. The topological polar surface area (TPSA) is 60.5 Å². The molecule has 3 aromatic rings. The van der Waals surface area contributed by atoms with Gasteiger partial charge in [-0.05, 0) is 42.3 Å². The average Bonchev–Trinajstić information content (AvgIpc) is 3.30. The molecule has 0 aliphatic carbocycles. The number of hydrogen-bond acceptors (Lipinski definition) is 5. The Morgan fingerprint density at radius 1 is 1.16 bits per heavy atom. The number of fused-ring (bicyclic) bond motifs is 1. The Morgan fingerprint density at radius 3 is 2.76 bits per heavy atom. The van der Waals surface area contributed by atoms with Gasteiger partial charge >= 0.3 is 0 Å². The summed E-state index contributed by atoms with van der Waals surface area (Å²) in [5, 5.41) is 5.33. The smallest absolute Gasteiger partial charge is 0.257 e. The van der Waals surface area contributed by atoms with Gasteiger partial charge in [-0.3, -0.25) is 10.1 Å². The third-order valence-corrected chi connectivity index (χ3v) is 4.78. The highest BCUT2D eigenvalue weighted by molar-refractivity contribution is 7.14. The Kier molecular flexibility index (Phi) is 4.11. The molecule has 1 N–H and O–H groups in total. The number of carbonyl (C=O) groups is 1. The van der Waals surface area contributed by atoms with Crippen molar-refractivity contribution >= 4 is 22.4 Å². The van der Waals surface area contributed by atoms with Gasteiger partial charge in [0.05, 0.1) is 5.69 Å². The quantitative estimate of drug-likeness (QED) is 0.758. The van der Waals surface area contributed by atoms with Crippen LogP contribution in [0.15, 0.2) is 47.8 Å². The first kappa shape index (κ1) is 15.7. The molecule has 25 heavy (non-hydrogen) atoms. The molecule has 6 heteroatoms. The van der Waals surface area contributed by atoms with Crippen LogP contribution in [0, 0.1) is 0 Å². The molecule has 5 nitrogen and oxygen atoms in total. The molecule has 1 amide bonds. The van der Waals surface area contributed by atoms with Crippen LogP contribution in [0.2, 0.25) is 0 Å². The Balaban J connectivity index is 1.50. The number of benzene rings is 2. The predicted molar refractivity (Wildman–Crippen MR) is 97.4 cm³/mol. The lowest BCUT2D eigenvalue weighted by molar-refractivity contribution is 0.102. The van der Waals surface area contributed by atoms with Crippen molar-refractivity contribution in [2.45, 2.75) is 13.3 Å². The lowest BCUT2D eigenvalue weighted by Gasteiger charge is -2.03. The van der Waals surface area contributed by atoms with Gasteiger partial charge in [-0.15, -0.1) is 11.3 Å². The van der Waals surface area contributed by atoms with Gasteiger partial charge in [-0.25, -0.2) is 4.98 Å². The van der Waals surface area contributed by atoms with Crippen LogP contribution in [0.5, 0.6) is 11.5 Å². The number of anilines is 1. The molecule has 0 atom stereocenters. The van der Waals surface area contributed by atoms with Gasteiger partial charge < -0.3 is 9.47 Å². The van der Waals surface area contributed by atoms with Gasteiger partial charge in [0.2, 0.25) is 6.79 Å². The van der Waals surface area contributed by atoms with E-state index in [-0.39, 0.29) is 12.7 Å². The summed E-state index contributed by atoms with van der Waals surface area (Å²) in [5.74, 6) is 1.30. The van der Waals surface area contributed by atoms with Crippen molar-refractivity contribution < 1.29 is 14.3 Å². The minimum absolute atomic E-state index is 0.158.